The number of aryl methyl sites for hydroxylation is 2. The summed E-state index contributed by atoms with van der Waals surface area (Å²) in [7, 11) is -3.54. The lowest BCUT2D eigenvalue weighted by Gasteiger charge is -2.30. The number of nitrogens with zero attached hydrogens (tertiary/aromatic N) is 2. The van der Waals surface area contributed by atoms with Crippen LogP contribution in [0.1, 0.15) is 29.5 Å². The highest BCUT2D eigenvalue weighted by atomic mass is 32.2. The fraction of sp³-hybridized carbons (Fsp3) is 0.455. The molecule has 1 saturated heterocycles. The zero-order valence-corrected chi connectivity index (χ0v) is 16.9. The Morgan fingerprint density at radius 1 is 0.786 bits per heavy atom. The summed E-state index contributed by atoms with van der Waals surface area (Å²) >= 11 is 0. The van der Waals surface area contributed by atoms with Crippen molar-refractivity contribution in [2.75, 3.05) is 42.1 Å². The lowest BCUT2D eigenvalue weighted by molar-refractivity contribution is 0.122. The van der Waals surface area contributed by atoms with Gasteiger partial charge in [0, 0.05) is 25.3 Å². The van der Waals surface area contributed by atoms with Gasteiger partial charge in [-0.25, -0.2) is 8.42 Å². The molecule has 2 aliphatic heterocycles. The van der Waals surface area contributed by atoms with E-state index in [9.17, 15) is 8.42 Å². The van der Waals surface area contributed by atoms with E-state index in [1.54, 1.807) is 10.4 Å². The Morgan fingerprint density at radius 3 is 2.36 bits per heavy atom. The van der Waals surface area contributed by atoms with Gasteiger partial charge in [0.2, 0.25) is 0 Å². The summed E-state index contributed by atoms with van der Waals surface area (Å²) in [6.45, 7) is 3.64. The van der Waals surface area contributed by atoms with Crippen LogP contribution in [0.5, 0.6) is 0 Å². The highest BCUT2D eigenvalue weighted by molar-refractivity contribution is 7.92. The fourth-order valence-electron chi connectivity index (χ4n) is 4.60. The molecule has 1 fully saturated rings. The second-order valence-corrected chi connectivity index (χ2v) is 9.74. The molecule has 2 heterocycles. The molecule has 0 aromatic heterocycles. The van der Waals surface area contributed by atoms with E-state index in [0.29, 0.717) is 24.7 Å². The van der Waals surface area contributed by atoms with Gasteiger partial charge in [0.1, 0.15) is 0 Å². The molecule has 0 bridgehead atoms. The van der Waals surface area contributed by atoms with E-state index in [1.165, 1.54) is 17.5 Å². The molecular weight excluding hydrogens is 372 g/mol. The number of morpholine rings is 1. The van der Waals surface area contributed by atoms with Gasteiger partial charge in [0.15, 0.2) is 0 Å². The molecule has 0 amide bonds. The number of hydrogen-bond acceptors (Lipinski definition) is 4. The molecule has 0 spiro atoms. The first kappa shape index (κ1) is 18.0. The molecule has 28 heavy (non-hydrogen) atoms. The molecule has 2 aromatic carbocycles. The van der Waals surface area contributed by atoms with Crippen LogP contribution in [-0.2, 0) is 34.0 Å². The third-order valence-corrected chi connectivity index (χ3v) is 8.02. The summed E-state index contributed by atoms with van der Waals surface area (Å²) in [5.41, 5.74) is 5.53. The van der Waals surface area contributed by atoms with E-state index in [-0.39, 0.29) is 0 Å². The van der Waals surface area contributed by atoms with Crippen LogP contribution in [0.15, 0.2) is 41.3 Å². The number of rotatable bonds is 3. The Kier molecular flexibility index (Phi) is 4.56. The van der Waals surface area contributed by atoms with Crippen LogP contribution in [-0.4, -0.2) is 41.3 Å². The molecule has 0 saturated carbocycles. The van der Waals surface area contributed by atoms with Gasteiger partial charge in [0.05, 0.1) is 23.8 Å². The van der Waals surface area contributed by atoms with E-state index in [1.807, 2.05) is 18.2 Å². The first-order chi connectivity index (χ1) is 13.6. The van der Waals surface area contributed by atoms with Crippen LogP contribution in [0, 0.1) is 0 Å². The Labute approximate surface area is 167 Å². The fourth-order valence-corrected chi connectivity index (χ4v) is 6.15. The minimum atomic E-state index is -3.54. The predicted octanol–water partition coefficient (Wildman–Crippen LogP) is 3.15. The third kappa shape index (κ3) is 3.08. The number of fused-ring (bicyclic) bond motifs is 2. The van der Waals surface area contributed by atoms with Gasteiger partial charge in [-0.2, -0.15) is 0 Å². The Balaban J connectivity index is 1.49. The topological polar surface area (TPSA) is 49.9 Å². The maximum absolute atomic E-state index is 13.5. The molecule has 2 aromatic rings. The van der Waals surface area contributed by atoms with E-state index >= 15 is 0 Å². The number of anilines is 2. The second kappa shape index (κ2) is 7.08. The molecule has 6 heteroatoms. The Bertz CT molecular complexity index is 997. The summed E-state index contributed by atoms with van der Waals surface area (Å²) in [6.07, 6.45) is 5.15. The lowest BCUT2D eigenvalue weighted by Crippen LogP contribution is -2.36. The monoisotopic (exact) mass is 398 g/mol. The van der Waals surface area contributed by atoms with Crippen molar-refractivity contribution in [2.45, 2.75) is 37.0 Å². The summed E-state index contributed by atoms with van der Waals surface area (Å²) in [5.74, 6) is 0. The van der Waals surface area contributed by atoms with E-state index in [2.05, 4.69) is 17.0 Å². The first-order valence-corrected chi connectivity index (χ1v) is 11.7. The van der Waals surface area contributed by atoms with E-state index < -0.39 is 10.0 Å². The Morgan fingerprint density at radius 2 is 1.54 bits per heavy atom. The van der Waals surface area contributed by atoms with Crippen molar-refractivity contribution in [3.63, 3.8) is 0 Å². The smallest absolute Gasteiger partial charge is 0.264 e. The molecular formula is C22H26N2O3S. The normalized spacial score (nSPS) is 19.4. The van der Waals surface area contributed by atoms with Gasteiger partial charge < -0.3 is 9.64 Å². The van der Waals surface area contributed by atoms with Crippen LogP contribution in [0.2, 0.25) is 0 Å². The summed E-state index contributed by atoms with van der Waals surface area (Å²) < 4.78 is 34.0. The van der Waals surface area contributed by atoms with Crippen LogP contribution in [0.4, 0.5) is 11.4 Å². The minimum absolute atomic E-state index is 0.428. The maximum Gasteiger partial charge on any atom is 0.264 e. The Hall–Kier alpha value is -2.05. The predicted molar refractivity (Wildman–Crippen MR) is 111 cm³/mol. The molecule has 1 aliphatic carbocycles. The average Bonchev–Trinajstić information content (AvgIpc) is 3.18. The molecule has 5 nitrogen and oxygen atoms in total. The maximum atomic E-state index is 13.5. The highest BCUT2D eigenvalue weighted by Crippen LogP contribution is 2.37. The highest BCUT2D eigenvalue weighted by Gasteiger charge is 2.32. The van der Waals surface area contributed by atoms with E-state index in [4.69, 9.17) is 4.74 Å². The number of sulfonamides is 1. The van der Waals surface area contributed by atoms with Crippen molar-refractivity contribution >= 4 is 21.4 Å². The van der Waals surface area contributed by atoms with Gasteiger partial charge in [-0.05, 0) is 73.1 Å². The molecule has 0 radical (unpaired) electrons. The molecule has 148 valence electrons. The van der Waals surface area contributed by atoms with Crippen molar-refractivity contribution in [1.29, 1.82) is 0 Å². The van der Waals surface area contributed by atoms with Gasteiger partial charge in [0.25, 0.3) is 10.0 Å². The quantitative estimate of drug-likeness (QED) is 0.797. The zero-order valence-electron chi connectivity index (χ0n) is 16.1. The largest absolute Gasteiger partial charge is 0.378 e. The molecule has 3 aliphatic rings. The molecule has 0 unspecified atom stereocenters. The summed E-state index contributed by atoms with van der Waals surface area (Å²) in [6, 6.07) is 12.0. The van der Waals surface area contributed by atoms with E-state index in [0.717, 1.165) is 55.7 Å². The number of benzene rings is 2. The average molecular weight is 399 g/mol. The van der Waals surface area contributed by atoms with Crippen LogP contribution in [0.3, 0.4) is 0 Å². The molecule has 5 rings (SSSR count). The number of ether oxygens (including phenoxy) is 1. The molecule has 0 N–H and O–H groups in total. The molecule has 0 atom stereocenters. The first-order valence-electron chi connectivity index (χ1n) is 10.2. The zero-order chi connectivity index (χ0) is 19.1. The van der Waals surface area contributed by atoms with Crippen molar-refractivity contribution in [3.8, 4) is 0 Å². The van der Waals surface area contributed by atoms with Crippen molar-refractivity contribution in [1.82, 2.24) is 0 Å². The summed E-state index contributed by atoms with van der Waals surface area (Å²) in [5, 5.41) is 0. The van der Waals surface area contributed by atoms with Gasteiger partial charge in [-0.1, -0.05) is 12.1 Å². The van der Waals surface area contributed by atoms with Crippen molar-refractivity contribution in [3.05, 3.63) is 53.1 Å². The minimum Gasteiger partial charge on any atom is -0.378 e. The second-order valence-electron chi connectivity index (χ2n) is 7.88. The van der Waals surface area contributed by atoms with Gasteiger partial charge >= 0.3 is 0 Å². The van der Waals surface area contributed by atoms with Crippen LogP contribution < -0.4 is 9.21 Å². The van der Waals surface area contributed by atoms with Gasteiger partial charge in [-0.15, -0.1) is 0 Å². The number of hydrogen-bond donors (Lipinski definition) is 0. The lowest BCUT2D eigenvalue weighted by atomic mass is 9.92. The SMILES string of the molecule is O=S(=O)(c1ccc2c(c1)CCCC2)N1CCc2ccc(N3CCOCC3)cc21. The summed E-state index contributed by atoms with van der Waals surface area (Å²) in [4.78, 5) is 2.70. The van der Waals surface area contributed by atoms with Crippen molar-refractivity contribution < 1.29 is 13.2 Å². The van der Waals surface area contributed by atoms with Gasteiger partial charge in [-0.3, -0.25) is 4.31 Å². The standard InChI is InChI=1S/C22H26N2O3S/c25-28(26,21-8-6-17-3-1-2-4-19(17)15-21)24-10-9-18-5-7-20(16-22(18)24)23-11-13-27-14-12-23/h5-8,15-16H,1-4,9-14H2. The van der Waals surface area contributed by atoms with Crippen LogP contribution in [0.25, 0.3) is 0 Å². The third-order valence-electron chi connectivity index (χ3n) is 6.21. The van der Waals surface area contributed by atoms with Crippen LogP contribution >= 0.6 is 0 Å². The van der Waals surface area contributed by atoms with Crippen molar-refractivity contribution in [2.24, 2.45) is 0 Å².